The van der Waals surface area contributed by atoms with Gasteiger partial charge in [-0.2, -0.15) is 0 Å². The fourth-order valence-corrected chi connectivity index (χ4v) is 4.25. The van der Waals surface area contributed by atoms with Gasteiger partial charge in [0.25, 0.3) is 0 Å². The van der Waals surface area contributed by atoms with Gasteiger partial charge >= 0.3 is 7.60 Å². The molecule has 0 spiro atoms. The second kappa shape index (κ2) is 8.00. The summed E-state index contributed by atoms with van der Waals surface area (Å²) in [6.45, 7) is 8.27. The number of hydrogen-bond donors (Lipinski definition) is 1. The summed E-state index contributed by atoms with van der Waals surface area (Å²) >= 11 is 0. The first kappa shape index (κ1) is 19.0. The van der Waals surface area contributed by atoms with Crippen LogP contribution in [0.15, 0.2) is 18.2 Å². The van der Waals surface area contributed by atoms with E-state index in [-0.39, 0.29) is 11.2 Å². The van der Waals surface area contributed by atoms with E-state index in [2.05, 4.69) is 0 Å². The Labute approximate surface area is 133 Å². The molecule has 0 amide bonds. The van der Waals surface area contributed by atoms with Crippen molar-refractivity contribution >= 4 is 7.60 Å². The number of ether oxygens (including phenoxy) is 1. The molecule has 1 rings (SSSR count). The quantitative estimate of drug-likeness (QED) is 0.683. The lowest BCUT2D eigenvalue weighted by Crippen LogP contribution is -2.20. The zero-order valence-electron chi connectivity index (χ0n) is 14.1. The smallest absolute Gasteiger partial charge is 0.330 e. The fourth-order valence-electron chi connectivity index (χ4n) is 2.30. The summed E-state index contributed by atoms with van der Waals surface area (Å²) in [5.41, 5.74) is 0.370. The van der Waals surface area contributed by atoms with Crippen molar-refractivity contribution in [2.24, 2.45) is 0 Å². The molecule has 0 aliphatic carbocycles. The molecule has 0 aliphatic rings. The third-order valence-electron chi connectivity index (χ3n) is 3.60. The lowest BCUT2D eigenvalue weighted by Gasteiger charge is -2.28. The minimum absolute atomic E-state index is 0.202. The average Bonchev–Trinajstić information content (AvgIpc) is 2.46. The Morgan fingerprint density at radius 2 is 1.77 bits per heavy atom. The Balaban J connectivity index is 2.93. The number of phenols is 1. The van der Waals surface area contributed by atoms with Crippen molar-refractivity contribution in [3.8, 4) is 11.5 Å². The van der Waals surface area contributed by atoms with Crippen LogP contribution < -0.4 is 4.74 Å². The van der Waals surface area contributed by atoms with Crippen LogP contribution in [0.1, 0.15) is 39.7 Å². The Morgan fingerprint density at radius 1 is 1.18 bits per heavy atom. The van der Waals surface area contributed by atoms with Gasteiger partial charge in [-0.1, -0.05) is 13.8 Å². The molecule has 1 N–H and O–H groups in total. The molecular weight excluding hydrogens is 303 g/mol. The second-order valence-corrected chi connectivity index (χ2v) is 7.87. The van der Waals surface area contributed by atoms with Crippen LogP contribution >= 0.6 is 7.60 Å². The highest BCUT2D eigenvalue weighted by Gasteiger charge is 2.31. The standard InChI is InChI=1S/C16H27O5P/c1-6-20-22(18,21-7-2)11-10-16(3,4)14-12-13(19-5)8-9-15(14)17/h8-9,12,17H,6-7,10-11H2,1-5H3. The van der Waals surface area contributed by atoms with Gasteiger partial charge in [-0.25, -0.2) is 0 Å². The first-order chi connectivity index (χ1) is 10.3. The van der Waals surface area contributed by atoms with Gasteiger partial charge in [0.1, 0.15) is 11.5 Å². The molecule has 0 aromatic heterocycles. The maximum Gasteiger partial charge on any atom is 0.330 e. The minimum atomic E-state index is -3.08. The van der Waals surface area contributed by atoms with Crippen molar-refractivity contribution in [2.75, 3.05) is 26.5 Å². The first-order valence-corrected chi connectivity index (χ1v) is 9.26. The van der Waals surface area contributed by atoms with Crippen LogP contribution in [0.2, 0.25) is 0 Å². The van der Waals surface area contributed by atoms with E-state index in [9.17, 15) is 9.67 Å². The SMILES string of the molecule is CCOP(=O)(CCC(C)(C)c1cc(OC)ccc1O)OCC. The zero-order chi connectivity index (χ0) is 16.8. The summed E-state index contributed by atoms with van der Waals surface area (Å²) in [4.78, 5) is 0. The minimum Gasteiger partial charge on any atom is -0.508 e. The molecule has 0 heterocycles. The molecule has 6 heteroatoms. The van der Waals surface area contributed by atoms with E-state index >= 15 is 0 Å². The highest BCUT2D eigenvalue weighted by molar-refractivity contribution is 7.53. The van der Waals surface area contributed by atoms with Gasteiger partial charge in [0.15, 0.2) is 0 Å². The number of rotatable bonds is 9. The maximum absolute atomic E-state index is 12.6. The lowest BCUT2D eigenvalue weighted by atomic mass is 9.81. The Hall–Kier alpha value is -1.03. The van der Waals surface area contributed by atoms with E-state index in [4.69, 9.17) is 13.8 Å². The topological polar surface area (TPSA) is 65.0 Å². The predicted octanol–water partition coefficient (Wildman–Crippen LogP) is 4.33. The van der Waals surface area contributed by atoms with Crippen molar-refractivity contribution < 1.29 is 23.5 Å². The molecule has 1 aromatic carbocycles. The second-order valence-electron chi connectivity index (χ2n) is 5.69. The van der Waals surface area contributed by atoms with E-state index in [1.807, 2.05) is 19.9 Å². The number of hydrogen-bond acceptors (Lipinski definition) is 5. The molecule has 22 heavy (non-hydrogen) atoms. The largest absolute Gasteiger partial charge is 0.508 e. The van der Waals surface area contributed by atoms with E-state index in [0.29, 0.717) is 31.5 Å². The zero-order valence-corrected chi connectivity index (χ0v) is 15.0. The number of phenolic OH excluding ortho intramolecular Hbond substituents is 1. The molecular formula is C16H27O5P. The summed E-state index contributed by atoms with van der Waals surface area (Å²) in [5.74, 6) is 0.882. The van der Waals surface area contributed by atoms with Crippen LogP contribution in [-0.4, -0.2) is 31.6 Å². The molecule has 0 aliphatic heterocycles. The highest BCUT2D eigenvalue weighted by atomic mass is 31.2. The third kappa shape index (κ3) is 5.01. The lowest BCUT2D eigenvalue weighted by molar-refractivity contribution is 0.217. The van der Waals surface area contributed by atoms with Crippen LogP contribution in [0.5, 0.6) is 11.5 Å². The predicted molar refractivity (Wildman–Crippen MR) is 88.0 cm³/mol. The average molecular weight is 330 g/mol. The Kier molecular flexibility index (Phi) is 6.92. The van der Waals surface area contributed by atoms with Crippen LogP contribution in [0.25, 0.3) is 0 Å². The van der Waals surface area contributed by atoms with Gasteiger partial charge in [0.05, 0.1) is 26.5 Å². The molecule has 0 saturated carbocycles. The van der Waals surface area contributed by atoms with Crippen molar-refractivity contribution in [1.29, 1.82) is 0 Å². The van der Waals surface area contributed by atoms with Gasteiger partial charge in [-0.3, -0.25) is 4.57 Å². The molecule has 0 fully saturated rings. The van der Waals surface area contributed by atoms with E-state index in [1.54, 1.807) is 33.1 Å². The van der Waals surface area contributed by atoms with Crippen LogP contribution in [0, 0.1) is 0 Å². The van der Waals surface area contributed by atoms with Crippen molar-refractivity contribution in [2.45, 2.75) is 39.5 Å². The van der Waals surface area contributed by atoms with Crippen molar-refractivity contribution in [1.82, 2.24) is 0 Å². The monoisotopic (exact) mass is 330 g/mol. The summed E-state index contributed by atoms with van der Waals surface area (Å²) in [5, 5.41) is 10.1. The van der Waals surface area contributed by atoms with Gasteiger partial charge in [0.2, 0.25) is 0 Å². The molecule has 0 radical (unpaired) electrons. The van der Waals surface area contributed by atoms with Gasteiger partial charge in [0, 0.05) is 5.56 Å². The van der Waals surface area contributed by atoms with Crippen LogP contribution in [0.3, 0.4) is 0 Å². The van der Waals surface area contributed by atoms with Crippen molar-refractivity contribution in [3.05, 3.63) is 23.8 Å². The number of aromatic hydroxyl groups is 1. The molecule has 0 unspecified atom stereocenters. The van der Waals surface area contributed by atoms with Gasteiger partial charge < -0.3 is 18.9 Å². The molecule has 126 valence electrons. The summed E-state index contributed by atoms with van der Waals surface area (Å²) < 4.78 is 28.4. The summed E-state index contributed by atoms with van der Waals surface area (Å²) in [6, 6.07) is 5.13. The summed E-state index contributed by atoms with van der Waals surface area (Å²) in [7, 11) is -1.50. The van der Waals surface area contributed by atoms with Crippen molar-refractivity contribution in [3.63, 3.8) is 0 Å². The fraction of sp³-hybridized carbons (Fsp3) is 0.625. The highest BCUT2D eigenvalue weighted by Crippen LogP contribution is 2.51. The Bertz CT molecular complexity index is 517. The number of methoxy groups -OCH3 is 1. The van der Waals surface area contributed by atoms with Crippen LogP contribution in [-0.2, 0) is 19.0 Å². The Morgan fingerprint density at radius 3 is 2.27 bits per heavy atom. The molecule has 0 bridgehead atoms. The normalized spacial score (nSPS) is 12.4. The molecule has 0 atom stereocenters. The van der Waals surface area contributed by atoms with E-state index in [0.717, 1.165) is 5.56 Å². The molecule has 5 nitrogen and oxygen atoms in total. The van der Waals surface area contributed by atoms with Crippen LogP contribution in [0.4, 0.5) is 0 Å². The molecule has 0 saturated heterocycles. The van der Waals surface area contributed by atoms with Gasteiger partial charge in [-0.05, 0) is 43.9 Å². The summed E-state index contributed by atoms with van der Waals surface area (Å²) in [6.07, 6.45) is 0.864. The maximum atomic E-state index is 12.6. The number of benzene rings is 1. The van der Waals surface area contributed by atoms with Gasteiger partial charge in [-0.15, -0.1) is 0 Å². The molecule has 1 aromatic rings. The third-order valence-corrected chi connectivity index (χ3v) is 5.67. The van der Waals surface area contributed by atoms with E-state index < -0.39 is 7.60 Å². The first-order valence-electron chi connectivity index (χ1n) is 7.53. The van der Waals surface area contributed by atoms with E-state index in [1.165, 1.54) is 0 Å².